The molecule has 180 valence electrons. The lowest BCUT2D eigenvalue weighted by Crippen LogP contribution is -2.37. The summed E-state index contributed by atoms with van der Waals surface area (Å²) in [5.41, 5.74) is 2.08. The Bertz CT molecular complexity index is 1250. The van der Waals surface area contributed by atoms with Crippen LogP contribution in [-0.2, 0) is 4.74 Å². The third-order valence-electron chi connectivity index (χ3n) is 4.79. The van der Waals surface area contributed by atoms with Gasteiger partial charge in [-0.2, -0.15) is 0 Å². The Hall–Kier alpha value is -3.37. The molecule has 1 aliphatic heterocycles. The zero-order valence-corrected chi connectivity index (χ0v) is 21.1. The monoisotopic (exact) mass is 481 g/mol. The molecule has 0 atom stereocenters. The molecule has 4 aromatic heterocycles. The van der Waals surface area contributed by atoms with Crippen molar-refractivity contribution in [3.8, 4) is 10.7 Å². The standard InChI is InChI=1S/C20H19N7O2S.2C2H6/c1-12-11-30-19(24-12)15-8-13-2-3-21-18(28)16(13)17(26-15)25-14-9-22-20(23-10-14)27-4-6-29-7-5-27;2*1-2/h2-3,8-11H,4-7H2,1H3,(H,21,28)(H,25,26);2*1-2H3. The van der Waals surface area contributed by atoms with Gasteiger partial charge < -0.3 is 19.9 Å². The molecular weight excluding hydrogens is 450 g/mol. The quantitative estimate of drug-likeness (QED) is 0.429. The van der Waals surface area contributed by atoms with Crippen LogP contribution >= 0.6 is 11.3 Å². The topological polar surface area (TPSA) is 109 Å². The summed E-state index contributed by atoms with van der Waals surface area (Å²) in [7, 11) is 0. The number of rotatable bonds is 4. The maximum Gasteiger partial charge on any atom is 0.259 e. The summed E-state index contributed by atoms with van der Waals surface area (Å²) in [5.74, 6) is 1.10. The Morgan fingerprint density at radius 1 is 1.09 bits per heavy atom. The Kier molecular flexibility index (Phi) is 9.06. The molecule has 1 fully saturated rings. The van der Waals surface area contributed by atoms with Crippen LogP contribution in [-0.4, -0.2) is 51.2 Å². The smallest absolute Gasteiger partial charge is 0.259 e. The molecule has 0 unspecified atom stereocenters. The number of nitrogens with one attached hydrogen (secondary N) is 2. The van der Waals surface area contributed by atoms with Crippen molar-refractivity contribution in [2.75, 3.05) is 36.5 Å². The molecule has 9 nitrogen and oxygen atoms in total. The molecule has 0 spiro atoms. The number of thiazole rings is 1. The summed E-state index contributed by atoms with van der Waals surface area (Å²) >= 11 is 1.52. The number of hydrogen-bond acceptors (Lipinski definition) is 9. The molecule has 0 aliphatic carbocycles. The van der Waals surface area contributed by atoms with Gasteiger partial charge in [0.25, 0.3) is 5.56 Å². The molecular formula is C24H31N7O2S. The second-order valence-electron chi connectivity index (χ2n) is 6.92. The largest absolute Gasteiger partial charge is 0.378 e. The summed E-state index contributed by atoms with van der Waals surface area (Å²) in [6, 6.07) is 3.73. The van der Waals surface area contributed by atoms with E-state index in [1.54, 1.807) is 18.6 Å². The van der Waals surface area contributed by atoms with Crippen molar-refractivity contribution in [2.45, 2.75) is 34.6 Å². The van der Waals surface area contributed by atoms with E-state index in [9.17, 15) is 4.79 Å². The minimum absolute atomic E-state index is 0.213. The third kappa shape index (κ3) is 5.75. The molecule has 1 aliphatic rings. The number of anilines is 3. The van der Waals surface area contributed by atoms with Gasteiger partial charge in [-0.05, 0) is 24.4 Å². The van der Waals surface area contributed by atoms with Crippen molar-refractivity contribution in [1.82, 2.24) is 24.9 Å². The molecule has 34 heavy (non-hydrogen) atoms. The number of aryl methyl sites for hydroxylation is 1. The summed E-state index contributed by atoms with van der Waals surface area (Å²) in [6.07, 6.45) is 5.02. The highest BCUT2D eigenvalue weighted by atomic mass is 32.1. The number of fused-ring (bicyclic) bond motifs is 1. The van der Waals surface area contributed by atoms with Gasteiger partial charge in [0.2, 0.25) is 5.95 Å². The number of H-pyrrole nitrogens is 1. The first-order valence-corrected chi connectivity index (χ1v) is 12.4. The molecule has 0 aromatic carbocycles. The van der Waals surface area contributed by atoms with Gasteiger partial charge in [0.15, 0.2) is 0 Å². The lowest BCUT2D eigenvalue weighted by molar-refractivity contribution is 0.122. The van der Waals surface area contributed by atoms with Gasteiger partial charge in [-0.3, -0.25) is 4.79 Å². The van der Waals surface area contributed by atoms with Crippen molar-refractivity contribution in [3.63, 3.8) is 0 Å². The van der Waals surface area contributed by atoms with E-state index in [-0.39, 0.29) is 5.56 Å². The minimum atomic E-state index is -0.213. The van der Waals surface area contributed by atoms with Crippen molar-refractivity contribution in [3.05, 3.63) is 52.2 Å². The van der Waals surface area contributed by atoms with Crippen LogP contribution in [0.5, 0.6) is 0 Å². The summed E-state index contributed by atoms with van der Waals surface area (Å²) in [5, 5.41) is 7.25. The number of pyridine rings is 2. The highest BCUT2D eigenvalue weighted by Gasteiger charge is 2.15. The maximum absolute atomic E-state index is 12.5. The predicted octanol–water partition coefficient (Wildman–Crippen LogP) is 4.78. The van der Waals surface area contributed by atoms with E-state index in [1.807, 2.05) is 52.1 Å². The SMILES string of the molecule is CC.CC.Cc1csc(-c2cc3cc[nH]c(=O)c3c(Nc3cnc(N4CCOCC4)nc3)n2)n1. The normalized spacial score (nSPS) is 12.9. The number of aromatic amines is 1. The zero-order valence-electron chi connectivity index (χ0n) is 20.3. The van der Waals surface area contributed by atoms with Gasteiger partial charge in [0.1, 0.15) is 16.5 Å². The lowest BCUT2D eigenvalue weighted by Gasteiger charge is -2.26. The fraction of sp³-hybridized carbons (Fsp3) is 0.375. The van der Waals surface area contributed by atoms with Crippen LogP contribution in [0.4, 0.5) is 17.5 Å². The first-order chi connectivity index (χ1) is 16.7. The van der Waals surface area contributed by atoms with Gasteiger partial charge >= 0.3 is 0 Å². The molecule has 10 heteroatoms. The Labute approximate surface area is 203 Å². The Balaban J connectivity index is 0.000000771. The average Bonchev–Trinajstić information content (AvgIpc) is 3.34. The van der Waals surface area contributed by atoms with Crippen LogP contribution in [0, 0.1) is 6.92 Å². The van der Waals surface area contributed by atoms with Gasteiger partial charge in [0, 0.05) is 30.4 Å². The summed E-state index contributed by atoms with van der Waals surface area (Å²) in [4.78, 5) is 35.4. The molecule has 0 amide bonds. The average molecular weight is 482 g/mol. The van der Waals surface area contributed by atoms with Gasteiger partial charge in [-0.1, -0.05) is 27.7 Å². The van der Waals surface area contributed by atoms with E-state index in [0.29, 0.717) is 41.7 Å². The van der Waals surface area contributed by atoms with Crippen LogP contribution in [0.3, 0.4) is 0 Å². The third-order valence-corrected chi connectivity index (χ3v) is 5.77. The van der Waals surface area contributed by atoms with Gasteiger partial charge in [-0.25, -0.2) is 19.9 Å². The Morgan fingerprint density at radius 2 is 1.79 bits per heavy atom. The lowest BCUT2D eigenvalue weighted by atomic mass is 10.2. The number of hydrogen-bond donors (Lipinski definition) is 2. The first-order valence-electron chi connectivity index (χ1n) is 11.5. The second kappa shape index (κ2) is 12.2. The fourth-order valence-corrected chi connectivity index (χ4v) is 4.09. The fourth-order valence-electron chi connectivity index (χ4n) is 3.33. The Morgan fingerprint density at radius 3 is 2.44 bits per heavy atom. The van der Waals surface area contributed by atoms with Crippen LogP contribution in [0.15, 0.2) is 40.9 Å². The van der Waals surface area contributed by atoms with E-state index in [4.69, 9.17) is 4.74 Å². The van der Waals surface area contributed by atoms with Crippen molar-refractivity contribution in [1.29, 1.82) is 0 Å². The maximum atomic E-state index is 12.5. The molecule has 5 heterocycles. The predicted molar refractivity (Wildman–Crippen MR) is 139 cm³/mol. The highest BCUT2D eigenvalue weighted by molar-refractivity contribution is 7.13. The van der Waals surface area contributed by atoms with Crippen molar-refractivity contribution >= 4 is 39.6 Å². The van der Waals surface area contributed by atoms with E-state index in [2.05, 4.69) is 35.1 Å². The molecule has 2 N–H and O–H groups in total. The molecule has 4 aromatic rings. The summed E-state index contributed by atoms with van der Waals surface area (Å²) < 4.78 is 5.37. The molecule has 0 bridgehead atoms. The van der Waals surface area contributed by atoms with Crippen LogP contribution < -0.4 is 15.8 Å². The molecule has 5 rings (SSSR count). The van der Waals surface area contributed by atoms with Crippen molar-refractivity contribution < 1.29 is 4.74 Å². The van der Waals surface area contributed by atoms with Gasteiger partial charge in [-0.15, -0.1) is 11.3 Å². The first kappa shape index (κ1) is 25.3. The van der Waals surface area contributed by atoms with E-state index < -0.39 is 0 Å². The molecule has 0 saturated carbocycles. The van der Waals surface area contributed by atoms with Crippen LogP contribution in [0.25, 0.3) is 21.5 Å². The number of aromatic nitrogens is 5. The second-order valence-corrected chi connectivity index (χ2v) is 7.78. The molecule has 0 radical (unpaired) electrons. The highest BCUT2D eigenvalue weighted by Crippen LogP contribution is 2.29. The van der Waals surface area contributed by atoms with E-state index in [1.165, 1.54) is 11.3 Å². The van der Waals surface area contributed by atoms with Crippen LogP contribution in [0.2, 0.25) is 0 Å². The number of ether oxygens (including phenoxy) is 1. The van der Waals surface area contributed by atoms with Gasteiger partial charge in [0.05, 0.1) is 36.7 Å². The summed E-state index contributed by atoms with van der Waals surface area (Å²) in [6.45, 7) is 12.8. The molecule has 1 saturated heterocycles. The van der Waals surface area contributed by atoms with Crippen LogP contribution in [0.1, 0.15) is 33.4 Å². The number of morpholine rings is 1. The van der Waals surface area contributed by atoms with E-state index in [0.717, 1.165) is 29.2 Å². The minimum Gasteiger partial charge on any atom is -0.378 e. The van der Waals surface area contributed by atoms with E-state index >= 15 is 0 Å². The zero-order chi connectivity index (χ0) is 24.5. The number of nitrogens with zero attached hydrogens (tertiary/aromatic N) is 5. The van der Waals surface area contributed by atoms with Crippen molar-refractivity contribution in [2.24, 2.45) is 0 Å².